The number of hydrogen-bond acceptors (Lipinski definition) is 3. The van der Waals surface area contributed by atoms with Gasteiger partial charge in [0, 0.05) is 6.42 Å². The van der Waals surface area contributed by atoms with Crippen molar-refractivity contribution in [3.8, 4) is 16.9 Å². The Kier molecular flexibility index (Phi) is 3.84. The van der Waals surface area contributed by atoms with Crippen molar-refractivity contribution in [2.45, 2.75) is 12.1 Å². The number of methoxy groups -OCH3 is 1. The van der Waals surface area contributed by atoms with Crippen LogP contribution >= 0.6 is 0 Å². The van der Waals surface area contributed by atoms with Gasteiger partial charge < -0.3 is 16.2 Å². The Morgan fingerprint density at radius 1 is 0.955 bits per heavy atom. The molecule has 0 bridgehead atoms. The van der Waals surface area contributed by atoms with Crippen molar-refractivity contribution < 1.29 is 4.74 Å². The summed E-state index contributed by atoms with van der Waals surface area (Å²) >= 11 is 0. The van der Waals surface area contributed by atoms with Crippen LogP contribution in [0, 0.1) is 0 Å². The van der Waals surface area contributed by atoms with Gasteiger partial charge in [-0.25, -0.2) is 0 Å². The molecule has 2 aromatic carbocycles. The van der Waals surface area contributed by atoms with E-state index in [2.05, 4.69) is 30.3 Å². The third kappa shape index (κ3) is 2.96. The quantitative estimate of drug-likeness (QED) is 0.853. The van der Waals surface area contributed by atoms with Crippen LogP contribution in [0.5, 0.6) is 5.75 Å². The van der Waals surface area contributed by atoms with Gasteiger partial charge >= 0.3 is 0 Å². The van der Waals surface area contributed by atoms with Crippen LogP contribution in [0.15, 0.2) is 66.8 Å². The summed E-state index contributed by atoms with van der Waals surface area (Å²) in [7, 11) is 1.67. The zero-order chi connectivity index (χ0) is 15.6. The Morgan fingerprint density at radius 2 is 1.64 bits per heavy atom. The molecular weight excluding hydrogens is 272 g/mol. The lowest BCUT2D eigenvalue weighted by Crippen LogP contribution is -2.47. The van der Waals surface area contributed by atoms with Crippen LogP contribution in [0.2, 0.25) is 0 Å². The number of hydrogen-bond donors (Lipinski definition) is 2. The van der Waals surface area contributed by atoms with E-state index >= 15 is 0 Å². The molecule has 0 radical (unpaired) electrons. The van der Waals surface area contributed by atoms with E-state index in [4.69, 9.17) is 16.2 Å². The fraction of sp³-hybridized carbons (Fsp3) is 0.158. The molecule has 22 heavy (non-hydrogen) atoms. The number of rotatable bonds is 3. The molecule has 0 heterocycles. The predicted octanol–water partition coefficient (Wildman–Crippen LogP) is 3.32. The molecule has 0 unspecified atom stereocenters. The third-order valence-electron chi connectivity index (χ3n) is 3.89. The van der Waals surface area contributed by atoms with Crippen LogP contribution in [0.1, 0.15) is 12.0 Å². The average molecular weight is 292 g/mol. The molecule has 0 saturated carbocycles. The SMILES string of the molecule is COc1ccc(-c2ccccc2C2=CCC(N)(N)C=C2)cc1. The molecule has 112 valence electrons. The third-order valence-corrected chi connectivity index (χ3v) is 3.89. The van der Waals surface area contributed by atoms with Crippen molar-refractivity contribution in [2.75, 3.05) is 7.11 Å². The fourth-order valence-electron chi connectivity index (χ4n) is 2.62. The van der Waals surface area contributed by atoms with Gasteiger partial charge in [-0.15, -0.1) is 0 Å². The molecule has 3 rings (SSSR count). The first kappa shape index (κ1) is 14.6. The summed E-state index contributed by atoms with van der Waals surface area (Å²) in [4.78, 5) is 0. The lowest BCUT2D eigenvalue weighted by molar-refractivity contribution is 0.415. The molecule has 0 fully saturated rings. The Bertz CT molecular complexity index is 727. The summed E-state index contributed by atoms with van der Waals surface area (Å²) < 4.78 is 5.22. The van der Waals surface area contributed by atoms with Crippen molar-refractivity contribution >= 4 is 5.57 Å². The number of nitrogens with two attached hydrogens (primary N) is 2. The van der Waals surface area contributed by atoms with Crippen LogP contribution in [0.25, 0.3) is 16.7 Å². The van der Waals surface area contributed by atoms with E-state index in [1.54, 1.807) is 7.11 Å². The highest BCUT2D eigenvalue weighted by Gasteiger charge is 2.18. The largest absolute Gasteiger partial charge is 0.497 e. The minimum atomic E-state index is -0.738. The van der Waals surface area contributed by atoms with Gasteiger partial charge in [-0.3, -0.25) is 0 Å². The normalized spacial score (nSPS) is 16.2. The summed E-state index contributed by atoms with van der Waals surface area (Å²) in [5.41, 5.74) is 15.8. The standard InChI is InChI=1S/C19H20N2O/c1-22-16-8-6-14(7-9-16)17-4-2-3-5-18(17)15-10-12-19(20,21)13-11-15/h2-12H,13,20-21H2,1H3. The molecule has 0 spiro atoms. The maximum absolute atomic E-state index is 5.93. The van der Waals surface area contributed by atoms with E-state index in [9.17, 15) is 0 Å². The van der Waals surface area contributed by atoms with Gasteiger partial charge in [0.15, 0.2) is 0 Å². The highest BCUT2D eigenvalue weighted by Crippen LogP contribution is 2.32. The monoisotopic (exact) mass is 292 g/mol. The Morgan fingerprint density at radius 3 is 2.23 bits per heavy atom. The van der Waals surface area contributed by atoms with Crippen LogP contribution < -0.4 is 16.2 Å². The van der Waals surface area contributed by atoms with Gasteiger partial charge in [0.25, 0.3) is 0 Å². The molecule has 0 aromatic heterocycles. The van der Waals surface area contributed by atoms with Gasteiger partial charge in [0.2, 0.25) is 0 Å². The van der Waals surface area contributed by atoms with E-state index in [0.717, 1.165) is 16.9 Å². The molecule has 3 nitrogen and oxygen atoms in total. The van der Waals surface area contributed by atoms with Crippen molar-refractivity contribution in [3.05, 3.63) is 72.3 Å². The van der Waals surface area contributed by atoms with Gasteiger partial charge in [-0.2, -0.15) is 0 Å². The number of ether oxygens (including phenoxy) is 1. The molecular formula is C19H20N2O. The summed E-state index contributed by atoms with van der Waals surface area (Å²) in [6.07, 6.45) is 6.61. The molecule has 3 heteroatoms. The average Bonchev–Trinajstić information content (AvgIpc) is 2.55. The molecule has 2 aromatic rings. The smallest absolute Gasteiger partial charge is 0.118 e. The van der Waals surface area contributed by atoms with Crippen molar-refractivity contribution in [2.24, 2.45) is 11.5 Å². The number of benzene rings is 2. The van der Waals surface area contributed by atoms with Crippen LogP contribution in [-0.2, 0) is 0 Å². The zero-order valence-corrected chi connectivity index (χ0v) is 12.6. The highest BCUT2D eigenvalue weighted by molar-refractivity contribution is 5.86. The van der Waals surface area contributed by atoms with Crippen LogP contribution in [0.3, 0.4) is 0 Å². The summed E-state index contributed by atoms with van der Waals surface area (Å²) in [6.45, 7) is 0. The Balaban J connectivity index is 2.00. The molecule has 1 aliphatic carbocycles. The Hall–Kier alpha value is -2.36. The first-order valence-electron chi connectivity index (χ1n) is 7.30. The van der Waals surface area contributed by atoms with Crippen molar-refractivity contribution in [1.82, 2.24) is 0 Å². The van der Waals surface area contributed by atoms with Gasteiger partial charge in [0.05, 0.1) is 12.8 Å². The predicted molar refractivity (Wildman–Crippen MR) is 91.3 cm³/mol. The molecule has 4 N–H and O–H groups in total. The maximum atomic E-state index is 5.93. The second-order valence-corrected chi connectivity index (χ2v) is 5.58. The van der Waals surface area contributed by atoms with Crippen molar-refractivity contribution in [1.29, 1.82) is 0 Å². The van der Waals surface area contributed by atoms with E-state index < -0.39 is 5.66 Å². The topological polar surface area (TPSA) is 61.3 Å². The van der Waals surface area contributed by atoms with Crippen molar-refractivity contribution in [3.63, 3.8) is 0 Å². The highest BCUT2D eigenvalue weighted by atomic mass is 16.5. The first-order valence-corrected chi connectivity index (χ1v) is 7.30. The van der Waals surface area contributed by atoms with E-state index in [1.165, 1.54) is 11.1 Å². The molecule has 0 amide bonds. The lowest BCUT2D eigenvalue weighted by atomic mass is 9.89. The lowest BCUT2D eigenvalue weighted by Gasteiger charge is -2.23. The minimum absolute atomic E-state index is 0.635. The number of allylic oxidation sites excluding steroid dienone is 2. The summed E-state index contributed by atoms with van der Waals surface area (Å²) in [5, 5.41) is 0. The van der Waals surface area contributed by atoms with E-state index in [-0.39, 0.29) is 0 Å². The zero-order valence-electron chi connectivity index (χ0n) is 12.6. The molecule has 1 aliphatic rings. The van der Waals surface area contributed by atoms with Crippen LogP contribution in [0.4, 0.5) is 0 Å². The summed E-state index contributed by atoms with van der Waals surface area (Å²) in [6, 6.07) is 16.4. The van der Waals surface area contributed by atoms with Gasteiger partial charge in [-0.05, 0) is 40.5 Å². The van der Waals surface area contributed by atoms with Gasteiger partial charge in [-0.1, -0.05) is 48.6 Å². The van der Waals surface area contributed by atoms with E-state index in [0.29, 0.717) is 6.42 Å². The van der Waals surface area contributed by atoms with Gasteiger partial charge in [0.1, 0.15) is 5.75 Å². The first-order chi connectivity index (χ1) is 10.6. The molecule has 0 atom stereocenters. The summed E-state index contributed by atoms with van der Waals surface area (Å²) in [5.74, 6) is 0.856. The second kappa shape index (κ2) is 5.79. The fourth-order valence-corrected chi connectivity index (χ4v) is 2.62. The Labute approximate surface area is 130 Å². The van der Waals surface area contributed by atoms with Crippen LogP contribution in [-0.4, -0.2) is 12.8 Å². The second-order valence-electron chi connectivity index (χ2n) is 5.58. The maximum Gasteiger partial charge on any atom is 0.118 e. The van der Waals surface area contributed by atoms with E-state index in [1.807, 2.05) is 36.4 Å². The molecule has 0 saturated heterocycles. The minimum Gasteiger partial charge on any atom is -0.497 e. The molecule has 0 aliphatic heterocycles.